The lowest BCUT2D eigenvalue weighted by atomic mass is 9.79. The predicted octanol–water partition coefficient (Wildman–Crippen LogP) is 26.3. The van der Waals surface area contributed by atoms with Gasteiger partial charge in [0.15, 0.2) is 0 Å². The Bertz CT molecular complexity index is 5220. The van der Waals surface area contributed by atoms with E-state index in [1.165, 1.54) is 55.3 Å². The van der Waals surface area contributed by atoms with Gasteiger partial charge in [0, 0.05) is 44.7 Å². The fourth-order valence-electron chi connectivity index (χ4n) is 15.3. The van der Waals surface area contributed by atoms with Gasteiger partial charge in [-0.05, 0) is 236 Å². The van der Waals surface area contributed by atoms with Gasteiger partial charge < -0.3 is 9.80 Å². The lowest BCUT2D eigenvalue weighted by molar-refractivity contribution is 0.652. The molecule has 0 unspecified atom stereocenters. The van der Waals surface area contributed by atoms with Crippen LogP contribution in [-0.2, 0) is 10.8 Å². The highest BCUT2D eigenvalue weighted by molar-refractivity contribution is 6.11. The monoisotopic (exact) mass is 1230 g/mol. The maximum absolute atomic E-state index is 4.12. The van der Waals surface area contributed by atoms with Crippen LogP contribution in [0, 0.1) is 0 Å². The van der Waals surface area contributed by atoms with E-state index in [9.17, 15) is 0 Å². The van der Waals surface area contributed by atoms with Crippen LogP contribution in [0.25, 0.3) is 118 Å². The molecule has 0 saturated heterocycles. The van der Waals surface area contributed by atoms with Crippen molar-refractivity contribution in [2.75, 3.05) is 9.80 Å². The van der Waals surface area contributed by atoms with Crippen molar-refractivity contribution < 1.29 is 0 Å². The third kappa shape index (κ3) is 10.2. The van der Waals surface area contributed by atoms with E-state index in [2.05, 4.69) is 367 Å². The third-order valence-electron chi connectivity index (χ3n) is 20.3. The Morgan fingerprint density at radius 3 is 1.20 bits per heavy atom. The number of anilines is 6. The smallest absolute Gasteiger partial charge is 0.0543 e. The largest absolute Gasteiger partial charge is 0.310 e. The summed E-state index contributed by atoms with van der Waals surface area (Å²) in [4.78, 5) is 4.91. The van der Waals surface area contributed by atoms with Crippen LogP contribution in [0.1, 0.15) is 66.6 Å². The summed E-state index contributed by atoms with van der Waals surface area (Å²) in [5.41, 5.74) is 33.3. The molecular formula is C94H72N2. The second-order valence-electron chi connectivity index (χ2n) is 26.6. The van der Waals surface area contributed by atoms with Gasteiger partial charge in [0.05, 0.1) is 5.69 Å². The second-order valence-corrected chi connectivity index (χ2v) is 26.6. The highest BCUT2D eigenvalue weighted by Crippen LogP contribution is 2.60. The zero-order valence-corrected chi connectivity index (χ0v) is 54.7. The molecule has 14 aromatic carbocycles. The first-order valence-electron chi connectivity index (χ1n) is 33.3. The van der Waals surface area contributed by atoms with Gasteiger partial charge in [-0.15, -0.1) is 0 Å². The molecule has 0 atom stereocenters. The molecular weight excluding hydrogens is 1160 g/mol. The summed E-state index contributed by atoms with van der Waals surface area (Å²) >= 11 is 0. The van der Waals surface area contributed by atoms with E-state index in [-0.39, 0.29) is 10.8 Å². The molecule has 0 aromatic heterocycles. The van der Waals surface area contributed by atoms with Gasteiger partial charge in [0.25, 0.3) is 0 Å². The SMILES string of the molecule is C=Cc1ccc(-c2cccc(-c3ccc(C=C)cc3)c2-c2cc(-c3cc(-c4ccccc4)cc(-c4ccccc4)c3)cc(N(c3ccccc3)c3cc4c(c5ccccc35)-c3cc5c(cc3C4(C)C)-c3ccc(N(c4ccccc4)c4ccc(C=C)cc4)cc3C5(C)C)c2)cc1. The Morgan fingerprint density at radius 1 is 0.240 bits per heavy atom. The zero-order chi connectivity index (χ0) is 65.2. The van der Waals surface area contributed by atoms with Gasteiger partial charge in [0.2, 0.25) is 0 Å². The number of para-hydroxylation sites is 2. The van der Waals surface area contributed by atoms with Crippen molar-refractivity contribution in [1.29, 1.82) is 0 Å². The molecule has 0 aliphatic heterocycles. The summed E-state index contributed by atoms with van der Waals surface area (Å²) in [7, 11) is 0. The first kappa shape index (κ1) is 59.2. The quantitative estimate of drug-likeness (QED) is 0.101. The first-order chi connectivity index (χ1) is 46.9. The van der Waals surface area contributed by atoms with E-state index >= 15 is 0 Å². The van der Waals surface area contributed by atoms with Crippen LogP contribution in [0.2, 0.25) is 0 Å². The number of benzene rings is 14. The lowest BCUT2D eigenvalue weighted by Gasteiger charge is -2.31. The molecule has 0 saturated carbocycles. The summed E-state index contributed by atoms with van der Waals surface area (Å²) in [5.74, 6) is 0. The Hall–Kier alpha value is -11.8. The molecule has 2 aliphatic rings. The minimum atomic E-state index is -0.385. The fourth-order valence-corrected chi connectivity index (χ4v) is 15.3. The second kappa shape index (κ2) is 23.9. The normalized spacial score (nSPS) is 12.9. The van der Waals surface area contributed by atoms with Crippen LogP contribution in [0.3, 0.4) is 0 Å². The van der Waals surface area contributed by atoms with E-state index < -0.39 is 0 Å². The first-order valence-corrected chi connectivity index (χ1v) is 33.3. The van der Waals surface area contributed by atoms with Gasteiger partial charge in [-0.3, -0.25) is 0 Å². The number of fused-ring (bicyclic) bond motifs is 8. The summed E-state index contributed by atoms with van der Waals surface area (Å²) in [6.45, 7) is 22.0. The van der Waals surface area contributed by atoms with Crippen molar-refractivity contribution in [3.63, 3.8) is 0 Å². The topological polar surface area (TPSA) is 6.48 Å². The highest BCUT2D eigenvalue weighted by Gasteiger charge is 2.43. The Balaban J connectivity index is 0.914. The van der Waals surface area contributed by atoms with Crippen LogP contribution < -0.4 is 9.80 Å². The minimum Gasteiger partial charge on any atom is -0.310 e. The van der Waals surface area contributed by atoms with Crippen LogP contribution in [-0.4, -0.2) is 0 Å². The molecule has 96 heavy (non-hydrogen) atoms. The maximum atomic E-state index is 4.12. The van der Waals surface area contributed by atoms with Crippen molar-refractivity contribution >= 4 is 63.1 Å². The van der Waals surface area contributed by atoms with Crippen molar-refractivity contribution in [1.82, 2.24) is 0 Å². The maximum Gasteiger partial charge on any atom is 0.0543 e. The molecule has 0 radical (unpaired) electrons. The fraction of sp³-hybridized carbons (Fsp3) is 0.0638. The van der Waals surface area contributed by atoms with E-state index in [4.69, 9.17) is 0 Å². The number of hydrogen-bond donors (Lipinski definition) is 0. The average Bonchev–Trinajstić information content (AvgIpc) is 1.52. The van der Waals surface area contributed by atoms with Crippen molar-refractivity contribution in [3.05, 3.63) is 368 Å². The molecule has 0 heterocycles. The summed E-state index contributed by atoms with van der Waals surface area (Å²) in [6, 6.07) is 115. The third-order valence-corrected chi connectivity index (χ3v) is 20.3. The van der Waals surface area contributed by atoms with Crippen LogP contribution in [0.4, 0.5) is 34.1 Å². The molecule has 2 nitrogen and oxygen atoms in total. The number of nitrogens with zero attached hydrogens (tertiary/aromatic N) is 2. The summed E-state index contributed by atoms with van der Waals surface area (Å²) in [6.07, 6.45) is 5.73. The molecule has 0 amide bonds. The van der Waals surface area contributed by atoms with Gasteiger partial charge in [-0.25, -0.2) is 0 Å². The molecule has 0 N–H and O–H groups in total. The average molecular weight is 1230 g/mol. The van der Waals surface area contributed by atoms with E-state index in [0.29, 0.717) is 0 Å². The van der Waals surface area contributed by atoms with Crippen LogP contribution in [0.15, 0.2) is 329 Å². The molecule has 0 bridgehead atoms. The zero-order valence-electron chi connectivity index (χ0n) is 54.7. The van der Waals surface area contributed by atoms with Crippen molar-refractivity contribution in [3.8, 4) is 89.0 Å². The molecule has 458 valence electrons. The standard InChI is InChI=1S/C94H72N2/c1-8-62-38-44-67(45-39-62)79-36-25-37-80(68-46-40-63(9-2)41-47-68)91(79)73-55-72(71-53-69(65-26-15-11-16-27-65)52-70(54-71)66-28-17-12-18-29-66)56-78(57-73)96(75-32-21-14-22-33-75)90-61-89-92(83-35-24-23-34-82(83)90)85-60-87-84(59-88(85)94(89,6)7)81-51-50-77(58-86(81)93(87,4)5)95(74-30-19-13-20-31-74)76-48-42-64(10-3)43-49-76/h8-61H,1-3H2,4-7H3. The lowest BCUT2D eigenvalue weighted by Crippen LogP contribution is -2.18. The molecule has 2 heteroatoms. The Morgan fingerprint density at radius 2 is 0.646 bits per heavy atom. The summed E-state index contributed by atoms with van der Waals surface area (Å²) in [5, 5.41) is 2.40. The molecule has 14 aromatic rings. The van der Waals surface area contributed by atoms with Crippen LogP contribution in [0.5, 0.6) is 0 Å². The van der Waals surface area contributed by atoms with Gasteiger partial charge in [0.1, 0.15) is 0 Å². The molecule has 0 fully saturated rings. The van der Waals surface area contributed by atoms with Gasteiger partial charge >= 0.3 is 0 Å². The van der Waals surface area contributed by atoms with Gasteiger partial charge in [-0.2, -0.15) is 0 Å². The Labute approximate surface area is 565 Å². The molecule has 2 aliphatic carbocycles. The Kier molecular flexibility index (Phi) is 14.8. The molecule has 16 rings (SSSR count). The van der Waals surface area contributed by atoms with E-state index in [1.54, 1.807) is 0 Å². The van der Waals surface area contributed by atoms with Gasteiger partial charge in [-0.1, -0.05) is 272 Å². The minimum absolute atomic E-state index is 0.300. The molecule has 0 spiro atoms. The summed E-state index contributed by atoms with van der Waals surface area (Å²) < 4.78 is 0. The number of hydrogen-bond acceptors (Lipinski definition) is 2. The van der Waals surface area contributed by atoms with Crippen molar-refractivity contribution in [2.45, 2.75) is 38.5 Å². The number of rotatable bonds is 15. The predicted molar refractivity (Wildman–Crippen MR) is 411 cm³/mol. The van der Waals surface area contributed by atoms with Crippen LogP contribution >= 0.6 is 0 Å². The van der Waals surface area contributed by atoms with E-state index in [0.717, 1.165) is 118 Å². The van der Waals surface area contributed by atoms with Crippen molar-refractivity contribution in [2.24, 2.45) is 0 Å². The van der Waals surface area contributed by atoms with E-state index in [1.807, 2.05) is 18.2 Å². The highest BCUT2D eigenvalue weighted by atomic mass is 15.1.